The number of hydrogen-bond donors (Lipinski definition) is 1. The highest BCUT2D eigenvalue weighted by Crippen LogP contribution is 2.32. The van der Waals surface area contributed by atoms with Crippen molar-refractivity contribution in [1.82, 2.24) is 9.88 Å². The Morgan fingerprint density at radius 1 is 1.36 bits per heavy atom. The van der Waals surface area contributed by atoms with Gasteiger partial charge < -0.3 is 10.0 Å². The van der Waals surface area contributed by atoms with Gasteiger partial charge in [-0.05, 0) is 35.7 Å². The molecule has 1 aliphatic rings. The summed E-state index contributed by atoms with van der Waals surface area (Å²) in [5.74, 6) is -0.419. The summed E-state index contributed by atoms with van der Waals surface area (Å²) < 4.78 is 13.4. The molecule has 0 spiro atoms. The molecular weight excluding hydrogens is 283 g/mol. The van der Waals surface area contributed by atoms with Crippen molar-refractivity contribution in [2.75, 3.05) is 6.54 Å². The topological polar surface area (TPSA) is 53.4 Å². The SMILES string of the molecule is O=C(Cc1cccnc1)N1CC(O)CC1c1cccc(F)c1. The van der Waals surface area contributed by atoms with Crippen LogP contribution >= 0.6 is 0 Å². The van der Waals surface area contributed by atoms with Gasteiger partial charge in [0.2, 0.25) is 5.91 Å². The summed E-state index contributed by atoms with van der Waals surface area (Å²) in [6.07, 6.45) is 3.39. The summed E-state index contributed by atoms with van der Waals surface area (Å²) in [7, 11) is 0. The van der Waals surface area contributed by atoms with E-state index in [9.17, 15) is 14.3 Å². The molecule has 0 saturated carbocycles. The van der Waals surface area contributed by atoms with Gasteiger partial charge in [0.05, 0.1) is 18.6 Å². The quantitative estimate of drug-likeness (QED) is 0.944. The van der Waals surface area contributed by atoms with Crippen molar-refractivity contribution < 1.29 is 14.3 Å². The van der Waals surface area contributed by atoms with E-state index in [0.717, 1.165) is 11.1 Å². The molecule has 2 heterocycles. The molecule has 0 bridgehead atoms. The van der Waals surface area contributed by atoms with Gasteiger partial charge in [0.15, 0.2) is 0 Å². The fourth-order valence-corrected chi connectivity index (χ4v) is 2.90. The zero-order valence-electron chi connectivity index (χ0n) is 12.0. The second kappa shape index (κ2) is 6.23. The maximum atomic E-state index is 13.4. The molecule has 2 unspecified atom stereocenters. The predicted molar refractivity (Wildman–Crippen MR) is 79.4 cm³/mol. The van der Waals surface area contributed by atoms with Gasteiger partial charge in [-0.15, -0.1) is 0 Å². The van der Waals surface area contributed by atoms with Crippen molar-refractivity contribution in [2.45, 2.75) is 25.0 Å². The molecule has 1 fully saturated rings. The fraction of sp³-hybridized carbons (Fsp3) is 0.294. The van der Waals surface area contributed by atoms with Gasteiger partial charge in [0, 0.05) is 18.9 Å². The lowest BCUT2D eigenvalue weighted by Gasteiger charge is -2.25. The number of carbonyl (C=O) groups excluding carboxylic acids is 1. The minimum atomic E-state index is -0.578. The van der Waals surface area contributed by atoms with Crippen molar-refractivity contribution in [2.24, 2.45) is 0 Å². The molecular formula is C17H17FN2O2. The Kier molecular flexibility index (Phi) is 4.15. The maximum Gasteiger partial charge on any atom is 0.227 e. The largest absolute Gasteiger partial charge is 0.391 e. The minimum Gasteiger partial charge on any atom is -0.391 e. The third-order valence-corrected chi connectivity index (χ3v) is 3.91. The first-order valence-electron chi connectivity index (χ1n) is 7.25. The van der Waals surface area contributed by atoms with Gasteiger partial charge >= 0.3 is 0 Å². The van der Waals surface area contributed by atoms with Crippen molar-refractivity contribution >= 4 is 5.91 Å². The Balaban J connectivity index is 1.80. The van der Waals surface area contributed by atoms with Crippen molar-refractivity contribution in [3.8, 4) is 0 Å². The number of pyridine rings is 1. The Bertz CT molecular complexity index is 663. The molecule has 4 nitrogen and oxygen atoms in total. The molecule has 3 rings (SSSR count). The second-order valence-electron chi connectivity index (χ2n) is 5.54. The number of aliphatic hydroxyl groups excluding tert-OH is 1. The summed E-state index contributed by atoms with van der Waals surface area (Å²) in [6, 6.07) is 9.55. The fourth-order valence-electron chi connectivity index (χ4n) is 2.90. The zero-order chi connectivity index (χ0) is 15.5. The number of carbonyl (C=O) groups is 1. The number of likely N-dealkylation sites (tertiary alicyclic amines) is 1. The van der Waals surface area contributed by atoms with E-state index in [4.69, 9.17) is 0 Å². The van der Waals surface area contributed by atoms with Gasteiger partial charge in [-0.1, -0.05) is 18.2 Å². The summed E-state index contributed by atoms with van der Waals surface area (Å²) >= 11 is 0. The lowest BCUT2D eigenvalue weighted by atomic mass is 10.0. The zero-order valence-corrected chi connectivity index (χ0v) is 12.0. The average molecular weight is 300 g/mol. The number of aromatic nitrogens is 1. The highest BCUT2D eigenvalue weighted by atomic mass is 19.1. The molecule has 1 aromatic carbocycles. The number of rotatable bonds is 3. The molecule has 22 heavy (non-hydrogen) atoms. The van der Waals surface area contributed by atoms with Crippen molar-refractivity contribution in [3.63, 3.8) is 0 Å². The van der Waals surface area contributed by atoms with E-state index in [2.05, 4.69) is 4.98 Å². The molecule has 2 atom stereocenters. The van der Waals surface area contributed by atoms with Crippen molar-refractivity contribution in [1.29, 1.82) is 0 Å². The van der Waals surface area contributed by atoms with Crippen LogP contribution in [0.3, 0.4) is 0 Å². The number of halogens is 1. The molecule has 5 heteroatoms. The molecule has 2 aromatic rings. The van der Waals surface area contributed by atoms with E-state index in [0.29, 0.717) is 6.42 Å². The Labute approximate surface area is 128 Å². The van der Waals surface area contributed by atoms with Crippen LogP contribution in [0.5, 0.6) is 0 Å². The van der Waals surface area contributed by atoms with Crippen LogP contribution in [0, 0.1) is 5.82 Å². The van der Waals surface area contributed by atoms with E-state index >= 15 is 0 Å². The van der Waals surface area contributed by atoms with Crippen LogP contribution in [0.4, 0.5) is 4.39 Å². The van der Waals surface area contributed by atoms with E-state index in [1.807, 2.05) is 6.07 Å². The molecule has 1 aromatic heterocycles. The molecule has 1 amide bonds. The third kappa shape index (κ3) is 3.14. The maximum absolute atomic E-state index is 13.4. The lowest BCUT2D eigenvalue weighted by Crippen LogP contribution is -2.33. The van der Waals surface area contributed by atoms with E-state index in [-0.39, 0.29) is 30.7 Å². The predicted octanol–water partition coefficient (Wildman–Crippen LogP) is 2.10. The first kappa shape index (κ1) is 14.7. The number of benzene rings is 1. The van der Waals surface area contributed by atoms with Gasteiger partial charge in [-0.2, -0.15) is 0 Å². The van der Waals surface area contributed by atoms with Crippen LogP contribution in [0.25, 0.3) is 0 Å². The van der Waals surface area contributed by atoms with Crippen LogP contribution in [-0.4, -0.2) is 33.5 Å². The molecule has 1 saturated heterocycles. The standard InChI is InChI=1S/C17H17FN2O2/c18-14-5-1-4-13(8-14)16-9-15(21)11-20(16)17(22)7-12-3-2-6-19-10-12/h1-6,8,10,15-16,21H,7,9,11H2. The van der Waals surface area contributed by atoms with Crippen LogP contribution in [0.15, 0.2) is 48.8 Å². The summed E-state index contributed by atoms with van der Waals surface area (Å²) in [5, 5.41) is 9.92. The first-order valence-corrected chi connectivity index (χ1v) is 7.25. The van der Waals surface area contributed by atoms with Crippen LogP contribution < -0.4 is 0 Å². The molecule has 1 N–H and O–H groups in total. The average Bonchev–Trinajstić information content (AvgIpc) is 2.90. The Hall–Kier alpha value is -2.27. The third-order valence-electron chi connectivity index (χ3n) is 3.91. The number of β-amino-alcohol motifs (C(OH)–C–C–N with tert-alkyl or cyclic N) is 1. The summed E-state index contributed by atoms with van der Waals surface area (Å²) in [4.78, 5) is 18.2. The highest BCUT2D eigenvalue weighted by molar-refractivity contribution is 5.79. The van der Waals surface area contributed by atoms with Gasteiger partial charge in [-0.25, -0.2) is 4.39 Å². The lowest BCUT2D eigenvalue weighted by molar-refractivity contribution is -0.131. The number of amides is 1. The highest BCUT2D eigenvalue weighted by Gasteiger charge is 2.35. The first-order chi connectivity index (χ1) is 10.6. The summed E-state index contributed by atoms with van der Waals surface area (Å²) in [5.41, 5.74) is 1.54. The van der Waals surface area contributed by atoms with E-state index < -0.39 is 6.10 Å². The number of nitrogens with zero attached hydrogens (tertiary/aromatic N) is 2. The molecule has 0 aliphatic carbocycles. The van der Waals surface area contributed by atoms with E-state index in [1.54, 1.807) is 35.5 Å². The smallest absolute Gasteiger partial charge is 0.227 e. The molecule has 114 valence electrons. The normalized spacial score (nSPS) is 21.1. The number of aliphatic hydroxyl groups is 1. The van der Waals surface area contributed by atoms with Crippen molar-refractivity contribution in [3.05, 3.63) is 65.7 Å². The second-order valence-corrected chi connectivity index (χ2v) is 5.54. The van der Waals surface area contributed by atoms with Crippen LogP contribution in [-0.2, 0) is 11.2 Å². The van der Waals surface area contributed by atoms with Gasteiger partial charge in [0.1, 0.15) is 5.82 Å². The summed E-state index contributed by atoms with van der Waals surface area (Å²) in [6.45, 7) is 0.278. The van der Waals surface area contributed by atoms with Crippen LogP contribution in [0.2, 0.25) is 0 Å². The molecule has 0 radical (unpaired) electrons. The van der Waals surface area contributed by atoms with Crippen LogP contribution in [0.1, 0.15) is 23.6 Å². The Morgan fingerprint density at radius 3 is 2.95 bits per heavy atom. The minimum absolute atomic E-state index is 0.0844. The monoisotopic (exact) mass is 300 g/mol. The Morgan fingerprint density at radius 2 is 2.23 bits per heavy atom. The van der Waals surface area contributed by atoms with E-state index in [1.165, 1.54) is 12.1 Å². The molecule has 1 aliphatic heterocycles. The van der Waals surface area contributed by atoms with Gasteiger partial charge in [0.25, 0.3) is 0 Å². The number of hydrogen-bond acceptors (Lipinski definition) is 3. The van der Waals surface area contributed by atoms with Gasteiger partial charge in [-0.3, -0.25) is 9.78 Å².